The summed E-state index contributed by atoms with van der Waals surface area (Å²) in [7, 11) is 0. The highest BCUT2D eigenvalue weighted by molar-refractivity contribution is 5.37. The molecule has 2 unspecified atom stereocenters. The van der Waals surface area contributed by atoms with Gasteiger partial charge in [-0.2, -0.15) is 0 Å². The first-order valence-corrected chi connectivity index (χ1v) is 8.71. The highest BCUT2D eigenvalue weighted by Gasteiger charge is 2.23. The van der Waals surface area contributed by atoms with E-state index in [-0.39, 0.29) is 6.10 Å². The van der Waals surface area contributed by atoms with Gasteiger partial charge in [-0.15, -0.1) is 0 Å². The summed E-state index contributed by atoms with van der Waals surface area (Å²) in [5, 5.41) is 10.3. The van der Waals surface area contributed by atoms with Crippen LogP contribution in [0.4, 0.5) is 0 Å². The molecule has 1 aromatic rings. The normalized spacial score (nSPS) is 18.9. The maximum atomic E-state index is 10.3. The minimum Gasteiger partial charge on any atom is -0.493 e. The quantitative estimate of drug-likeness (QED) is 0.644. The fourth-order valence-corrected chi connectivity index (χ4v) is 3.27. The molecule has 21 heavy (non-hydrogen) atoms. The molecule has 0 saturated carbocycles. The Bertz CT molecular complexity index is 402. The van der Waals surface area contributed by atoms with Crippen LogP contribution in [0.3, 0.4) is 0 Å². The smallest absolute Gasteiger partial charge is 0.122 e. The standard InChI is InChI=1S/C19H30O2/c1-2-3-4-5-6-7-10-17(20)15-16-13-14-21-19-12-9-8-11-18(16)19/h8-9,11-12,16-17,20H,2-7,10,13-15H2,1H3. The van der Waals surface area contributed by atoms with Crippen molar-refractivity contribution in [2.45, 2.75) is 76.7 Å². The molecule has 1 aliphatic heterocycles. The molecule has 0 bridgehead atoms. The third-order valence-corrected chi connectivity index (χ3v) is 4.53. The predicted octanol–water partition coefficient (Wildman–Crippen LogP) is 5.05. The van der Waals surface area contributed by atoms with Gasteiger partial charge in [0.1, 0.15) is 5.75 Å². The van der Waals surface area contributed by atoms with E-state index in [4.69, 9.17) is 4.74 Å². The van der Waals surface area contributed by atoms with E-state index in [0.29, 0.717) is 5.92 Å². The number of unbranched alkanes of at least 4 members (excludes halogenated alkanes) is 5. The lowest BCUT2D eigenvalue weighted by atomic mass is 9.87. The Labute approximate surface area is 129 Å². The van der Waals surface area contributed by atoms with Crippen LogP contribution in [0.25, 0.3) is 0 Å². The number of hydrogen-bond acceptors (Lipinski definition) is 2. The van der Waals surface area contributed by atoms with Gasteiger partial charge in [-0.1, -0.05) is 63.6 Å². The minimum atomic E-state index is -0.160. The molecular formula is C19H30O2. The van der Waals surface area contributed by atoms with E-state index >= 15 is 0 Å². The second-order valence-corrected chi connectivity index (χ2v) is 6.32. The van der Waals surface area contributed by atoms with Gasteiger partial charge in [0.15, 0.2) is 0 Å². The van der Waals surface area contributed by atoms with Crippen LogP contribution in [-0.4, -0.2) is 17.8 Å². The number of benzene rings is 1. The Balaban J connectivity index is 1.70. The lowest BCUT2D eigenvalue weighted by molar-refractivity contribution is 0.131. The first kappa shape index (κ1) is 16.4. The Morgan fingerprint density at radius 1 is 1.14 bits per heavy atom. The number of aliphatic hydroxyl groups excluding tert-OH is 1. The van der Waals surface area contributed by atoms with Crippen molar-refractivity contribution in [1.82, 2.24) is 0 Å². The van der Waals surface area contributed by atoms with Gasteiger partial charge in [0, 0.05) is 0 Å². The summed E-state index contributed by atoms with van der Waals surface area (Å²) >= 11 is 0. The zero-order valence-corrected chi connectivity index (χ0v) is 13.4. The van der Waals surface area contributed by atoms with E-state index in [1.807, 2.05) is 12.1 Å². The number of para-hydroxylation sites is 1. The summed E-state index contributed by atoms with van der Waals surface area (Å²) in [4.78, 5) is 0. The summed E-state index contributed by atoms with van der Waals surface area (Å²) in [6.45, 7) is 3.03. The van der Waals surface area contributed by atoms with Crippen molar-refractivity contribution in [2.24, 2.45) is 0 Å². The van der Waals surface area contributed by atoms with E-state index in [0.717, 1.165) is 38.0 Å². The SMILES string of the molecule is CCCCCCCCC(O)CC1CCOc2ccccc21. The average molecular weight is 290 g/mol. The van der Waals surface area contributed by atoms with Crippen LogP contribution in [0.2, 0.25) is 0 Å². The van der Waals surface area contributed by atoms with Crippen molar-refractivity contribution in [3.8, 4) is 5.75 Å². The third kappa shape index (κ3) is 5.35. The first-order chi connectivity index (χ1) is 10.3. The molecule has 2 nitrogen and oxygen atoms in total. The maximum absolute atomic E-state index is 10.3. The first-order valence-electron chi connectivity index (χ1n) is 8.71. The molecule has 2 atom stereocenters. The van der Waals surface area contributed by atoms with Crippen LogP contribution < -0.4 is 4.74 Å². The Morgan fingerprint density at radius 2 is 1.90 bits per heavy atom. The summed E-state index contributed by atoms with van der Waals surface area (Å²) < 4.78 is 5.69. The molecule has 0 spiro atoms. The summed E-state index contributed by atoms with van der Waals surface area (Å²) in [6, 6.07) is 8.28. The number of rotatable bonds is 9. The molecule has 1 aliphatic rings. The zero-order valence-electron chi connectivity index (χ0n) is 13.4. The van der Waals surface area contributed by atoms with Gasteiger partial charge in [0.2, 0.25) is 0 Å². The van der Waals surface area contributed by atoms with Crippen LogP contribution in [-0.2, 0) is 0 Å². The van der Waals surface area contributed by atoms with Crippen LogP contribution in [0.15, 0.2) is 24.3 Å². The lowest BCUT2D eigenvalue weighted by Gasteiger charge is -2.27. The van der Waals surface area contributed by atoms with Crippen LogP contribution >= 0.6 is 0 Å². The molecule has 0 fully saturated rings. The maximum Gasteiger partial charge on any atom is 0.122 e. The van der Waals surface area contributed by atoms with Gasteiger partial charge in [-0.05, 0) is 36.8 Å². The molecule has 2 rings (SSSR count). The van der Waals surface area contributed by atoms with E-state index in [9.17, 15) is 5.11 Å². The number of aliphatic hydroxyl groups is 1. The van der Waals surface area contributed by atoms with Crippen molar-refractivity contribution >= 4 is 0 Å². The fourth-order valence-electron chi connectivity index (χ4n) is 3.27. The largest absolute Gasteiger partial charge is 0.493 e. The van der Waals surface area contributed by atoms with Gasteiger partial charge in [0.05, 0.1) is 12.7 Å². The second-order valence-electron chi connectivity index (χ2n) is 6.32. The minimum absolute atomic E-state index is 0.160. The molecule has 0 aliphatic carbocycles. The van der Waals surface area contributed by atoms with Crippen molar-refractivity contribution < 1.29 is 9.84 Å². The van der Waals surface area contributed by atoms with E-state index < -0.39 is 0 Å². The topological polar surface area (TPSA) is 29.5 Å². The van der Waals surface area contributed by atoms with E-state index in [1.165, 1.54) is 37.7 Å². The summed E-state index contributed by atoms with van der Waals surface area (Å²) in [6.07, 6.45) is 10.4. The van der Waals surface area contributed by atoms with Crippen molar-refractivity contribution in [3.63, 3.8) is 0 Å². The molecule has 0 saturated heterocycles. The van der Waals surface area contributed by atoms with Crippen molar-refractivity contribution in [3.05, 3.63) is 29.8 Å². The summed E-state index contributed by atoms with van der Waals surface area (Å²) in [5.74, 6) is 1.48. The lowest BCUT2D eigenvalue weighted by Crippen LogP contribution is -2.19. The molecular weight excluding hydrogens is 260 g/mol. The Morgan fingerprint density at radius 3 is 2.76 bits per heavy atom. The van der Waals surface area contributed by atoms with Gasteiger partial charge in [-0.3, -0.25) is 0 Å². The second kappa shape index (κ2) is 9.09. The number of hydrogen-bond donors (Lipinski definition) is 1. The highest BCUT2D eigenvalue weighted by atomic mass is 16.5. The third-order valence-electron chi connectivity index (χ3n) is 4.53. The van der Waals surface area contributed by atoms with Gasteiger partial charge >= 0.3 is 0 Å². The molecule has 0 radical (unpaired) electrons. The van der Waals surface area contributed by atoms with Crippen molar-refractivity contribution in [2.75, 3.05) is 6.61 Å². The van der Waals surface area contributed by atoms with Crippen molar-refractivity contribution in [1.29, 1.82) is 0 Å². The number of ether oxygens (including phenoxy) is 1. The zero-order chi connectivity index (χ0) is 14.9. The highest BCUT2D eigenvalue weighted by Crippen LogP contribution is 2.36. The molecule has 1 N–H and O–H groups in total. The van der Waals surface area contributed by atoms with Crippen LogP contribution in [0.5, 0.6) is 5.75 Å². The fraction of sp³-hybridized carbons (Fsp3) is 0.684. The molecule has 118 valence electrons. The number of fused-ring (bicyclic) bond motifs is 1. The molecule has 1 aromatic carbocycles. The van der Waals surface area contributed by atoms with Crippen LogP contribution in [0, 0.1) is 0 Å². The van der Waals surface area contributed by atoms with Crippen LogP contribution in [0.1, 0.15) is 76.2 Å². The molecule has 0 amide bonds. The average Bonchev–Trinajstić information content (AvgIpc) is 2.51. The van der Waals surface area contributed by atoms with E-state index in [2.05, 4.69) is 19.1 Å². The van der Waals surface area contributed by atoms with Gasteiger partial charge in [-0.25, -0.2) is 0 Å². The summed E-state index contributed by atoms with van der Waals surface area (Å²) in [5.41, 5.74) is 1.28. The molecule has 0 aromatic heterocycles. The predicted molar refractivity (Wildman–Crippen MR) is 87.9 cm³/mol. The Kier molecular flexibility index (Phi) is 7.08. The van der Waals surface area contributed by atoms with E-state index in [1.54, 1.807) is 0 Å². The monoisotopic (exact) mass is 290 g/mol. The molecule has 1 heterocycles. The van der Waals surface area contributed by atoms with Gasteiger partial charge < -0.3 is 9.84 Å². The Hall–Kier alpha value is -1.02. The van der Waals surface area contributed by atoms with Gasteiger partial charge in [0.25, 0.3) is 0 Å². The molecule has 2 heteroatoms.